The van der Waals surface area contributed by atoms with Gasteiger partial charge in [0.15, 0.2) is 0 Å². The summed E-state index contributed by atoms with van der Waals surface area (Å²) in [4.78, 5) is 38.0. The largest absolute Gasteiger partial charge is 0.472 e. The number of unbranched alkanes of at least 4 members (excludes halogenated alkanes) is 43. The molecule has 3 atom stereocenters. The highest BCUT2D eigenvalue weighted by Crippen LogP contribution is 2.43. The summed E-state index contributed by atoms with van der Waals surface area (Å²) in [5, 5.41) is 3.08. The molecule has 498 valence electrons. The number of rotatable bonds is 67. The van der Waals surface area contributed by atoms with Crippen LogP contribution in [0.15, 0.2) is 60.8 Å². The van der Waals surface area contributed by atoms with Crippen LogP contribution < -0.4 is 5.32 Å². The van der Waals surface area contributed by atoms with E-state index < -0.39 is 20.0 Å². The van der Waals surface area contributed by atoms with Gasteiger partial charge >= 0.3 is 13.8 Å². The normalized spacial score (nSPS) is 13.8. The molecule has 0 bridgehead atoms. The van der Waals surface area contributed by atoms with E-state index in [-0.39, 0.29) is 25.1 Å². The molecular formula is C75H142N2O7P+. The zero-order valence-corrected chi connectivity index (χ0v) is 58.0. The molecule has 1 amide bonds. The maximum absolute atomic E-state index is 13.6. The molecule has 0 saturated heterocycles. The number of hydrogen-bond acceptors (Lipinski definition) is 6. The molecule has 0 heterocycles. The summed E-state index contributed by atoms with van der Waals surface area (Å²) in [5.74, 6) is -0.495. The van der Waals surface area contributed by atoms with Crippen molar-refractivity contribution in [2.45, 2.75) is 367 Å². The number of likely N-dealkylation sites (N-methyl/N-ethyl adjacent to an activating group) is 1. The number of esters is 1. The van der Waals surface area contributed by atoms with Crippen molar-refractivity contribution >= 4 is 19.7 Å². The number of phosphoric ester groups is 1. The van der Waals surface area contributed by atoms with Crippen LogP contribution in [0, 0.1) is 0 Å². The van der Waals surface area contributed by atoms with Crippen LogP contribution in [-0.2, 0) is 27.9 Å². The van der Waals surface area contributed by atoms with Gasteiger partial charge in [0.1, 0.15) is 19.3 Å². The molecule has 0 aliphatic carbocycles. The zero-order chi connectivity index (χ0) is 62.1. The molecule has 3 unspecified atom stereocenters. The van der Waals surface area contributed by atoms with Crippen LogP contribution in [-0.4, -0.2) is 74.3 Å². The Balaban J connectivity index is 5.08. The van der Waals surface area contributed by atoms with Crippen LogP contribution >= 0.6 is 7.82 Å². The van der Waals surface area contributed by atoms with Crippen LogP contribution in [0.4, 0.5) is 0 Å². The number of ether oxygens (including phenoxy) is 1. The first-order chi connectivity index (χ1) is 41.4. The van der Waals surface area contributed by atoms with Gasteiger partial charge in [-0.1, -0.05) is 307 Å². The lowest BCUT2D eigenvalue weighted by Crippen LogP contribution is -2.47. The fourth-order valence-corrected chi connectivity index (χ4v) is 11.5. The molecule has 0 aromatic carbocycles. The van der Waals surface area contributed by atoms with Gasteiger partial charge in [-0.05, 0) is 96.0 Å². The average Bonchev–Trinajstić information content (AvgIpc) is 3.52. The first-order valence-corrected chi connectivity index (χ1v) is 38.1. The summed E-state index contributed by atoms with van der Waals surface area (Å²) in [6.07, 6.45) is 83.7. The van der Waals surface area contributed by atoms with Gasteiger partial charge in [-0.3, -0.25) is 18.6 Å². The van der Waals surface area contributed by atoms with E-state index in [1.807, 2.05) is 33.3 Å². The molecule has 0 saturated carbocycles. The Morgan fingerprint density at radius 1 is 0.412 bits per heavy atom. The lowest BCUT2D eigenvalue weighted by Gasteiger charge is -2.27. The van der Waals surface area contributed by atoms with Crippen LogP contribution in [0.2, 0.25) is 0 Å². The number of carbonyl (C=O) groups is 2. The molecule has 2 N–H and O–H groups in total. The summed E-state index contributed by atoms with van der Waals surface area (Å²) in [7, 11) is 1.50. The van der Waals surface area contributed by atoms with E-state index in [0.29, 0.717) is 23.9 Å². The smallest absolute Gasteiger partial charge is 0.456 e. The number of nitrogens with zero attached hydrogens (tertiary/aromatic N) is 1. The van der Waals surface area contributed by atoms with Crippen molar-refractivity contribution in [3.05, 3.63) is 60.8 Å². The van der Waals surface area contributed by atoms with E-state index in [2.05, 4.69) is 74.7 Å². The Labute approximate surface area is 528 Å². The summed E-state index contributed by atoms with van der Waals surface area (Å²) < 4.78 is 30.9. The quantitative estimate of drug-likeness (QED) is 0.0205. The molecule has 0 aliphatic heterocycles. The summed E-state index contributed by atoms with van der Waals surface area (Å²) in [6.45, 7) is 7.03. The van der Waals surface area contributed by atoms with Crippen molar-refractivity contribution in [1.82, 2.24) is 5.32 Å². The van der Waals surface area contributed by atoms with Crippen molar-refractivity contribution in [3.63, 3.8) is 0 Å². The molecule has 0 aliphatic rings. The molecule has 10 heteroatoms. The Hall–Kier alpha value is -2.29. The molecule has 0 fully saturated rings. The standard InChI is InChI=1S/C75H141N2O7P/c1-7-10-13-16-19-22-25-28-30-32-34-36-38-40-42-44-46-49-52-55-58-61-64-67-74(78)76-72(71-83-85(80,81)82-70-69-77(4,5)6)73(66-63-60-57-54-51-48-27-24-21-18-15-12-9-3)84-75(79)68-65-62-59-56-53-50-47-45-43-41-39-37-35-33-31-29-26-23-20-17-14-11-8-2/h19,22,28-31,34,36,63,66,72-73H,7-18,20-21,23-27,32-33,35,37-62,64-65,67-71H2,1-6H3,(H-,76,78,80,81)/p+1/b22-19-,30-28-,31-29+,36-34-,66-63+. The van der Waals surface area contributed by atoms with E-state index in [4.69, 9.17) is 13.8 Å². The van der Waals surface area contributed by atoms with Gasteiger partial charge < -0.3 is 19.4 Å². The number of allylic oxidation sites excluding steroid dienone is 9. The maximum Gasteiger partial charge on any atom is 0.472 e. The highest BCUT2D eigenvalue weighted by molar-refractivity contribution is 7.47. The van der Waals surface area contributed by atoms with Gasteiger partial charge in [0, 0.05) is 12.8 Å². The Bertz CT molecular complexity index is 1640. The third kappa shape index (κ3) is 66.0. The number of quaternary nitrogens is 1. The topological polar surface area (TPSA) is 111 Å². The average molecular weight is 1210 g/mol. The van der Waals surface area contributed by atoms with Crippen LogP contribution in [0.5, 0.6) is 0 Å². The highest BCUT2D eigenvalue weighted by Gasteiger charge is 2.30. The molecule has 85 heavy (non-hydrogen) atoms. The number of carbonyl (C=O) groups excluding carboxylic acids is 2. The molecule has 0 aromatic rings. The summed E-state index contributed by atoms with van der Waals surface area (Å²) in [5.41, 5.74) is 0. The van der Waals surface area contributed by atoms with Gasteiger partial charge in [-0.25, -0.2) is 4.57 Å². The van der Waals surface area contributed by atoms with Crippen molar-refractivity contribution in [1.29, 1.82) is 0 Å². The van der Waals surface area contributed by atoms with Crippen LogP contribution in [0.3, 0.4) is 0 Å². The third-order valence-electron chi connectivity index (χ3n) is 16.4. The van der Waals surface area contributed by atoms with Crippen LogP contribution in [0.1, 0.15) is 355 Å². The Morgan fingerprint density at radius 3 is 1.11 bits per heavy atom. The monoisotopic (exact) mass is 1210 g/mol. The lowest BCUT2D eigenvalue weighted by molar-refractivity contribution is -0.870. The van der Waals surface area contributed by atoms with Crippen molar-refractivity contribution < 1.29 is 37.3 Å². The predicted octanol–water partition coefficient (Wildman–Crippen LogP) is 23.3. The van der Waals surface area contributed by atoms with E-state index in [1.54, 1.807) is 0 Å². The third-order valence-corrected chi connectivity index (χ3v) is 17.4. The van der Waals surface area contributed by atoms with Crippen molar-refractivity contribution in [3.8, 4) is 0 Å². The van der Waals surface area contributed by atoms with Gasteiger partial charge in [-0.2, -0.15) is 0 Å². The minimum absolute atomic E-state index is 0.0396. The van der Waals surface area contributed by atoms with Crippen molar-refractivity contribution in [2.75, 3.05) is 40.9 Å². The number of phosphoric acid groups is 1. The molecule has 0 radical (unpaired) electrons. The van der Waals surface area contributed by atoms with Gasteiger partial charge in [-0.15, -0.1) is 0 Å². The minimum atomic E-state index is -4.46. The fourth-order valence-electron chi connectivity index (χ4n) is 10.8. The Morgan fingerprint density at radius 2 is 0.718 bits per heavy atom. The molecule has 0 spiro atoms. The number of amides is 1. The first-order valence-electron chi connectivity index (χ1n) is 36.6. The van der Waals surface area contributed by atoms with Crippen molar-refractivity contribution in [2.24, 2.45) is 0 Å². The number of nitrogens with one attached hydrogen (secondary N) is 1. The Kier molecular flexibility index (Phi) is 62.9. The molecule has 0 aromatic heterocycles. The van der Waals surface area contributed by atoms with E-state index in [1.165, 1.54) is 250 Å². The van der Waals surface area contributed by atoms with E-state index in [9.17, 15) is 19.0 Å². The SMILES string of the molecule is CCCCC/C=C\C/C=C\C/C=C\CCCCCCCCCCCCC(=O)NC(COP(=O)(O)OCC[N+](C)(C)C)C(/C=C/CCCCCCCCCCCCC)OC(=O)CCCCCCCCCCCCCCC/C=C/CCCCCCCC. The predicted molar refractivity (Wildman–Crippen MR) is 369 cm³/mol. The molecular weight excluding hydrogens is 1070 g/mol. The maximum atomic E-state index is 13.6. The summed E-state index contributed by atoms with van der Waals surface area (Å²) in [6, 6.07) is -0.852. The second kappa shape index (κ2) is 64.7. The van der Waals surface area contributed by atoms with Gasteiger partial charge in [0.05, 0.1) is 33.8 Å². The minimum Gasteiger partial charge on any atom is -0.456 e. The zero-order valence-electron chi connectivity index (χ0n) is 57.1. The molecule has 9 nitrogen and oxygen atoms in total. The molecule has 0 rings (SSSR count). The summed E-state index contributed by atoms with van der Waals surface area (Å²) >= 11 is 0. The van der Waals surface area contributed by atoms with E-state index in [0.717, 1.165) is 70.6 Å². The lowest BCUT2D eigenvalue weighted by atomic mass is 10.0. The fraction of sp³-hybridized carbons (Fsp3) is 0.840. The highest BCUT2D eigenvalue weighted by atomic mass is 31.2. The van der Waals surface area contributed by atoms with Gasteiger partial charge in [0.25, 0.3) is 0 Å². The second-order valence-corrected chi connectivity index (χ2v) is 27.6. The van der Waals surface area contributed by atoms with Gasteiger partial charge in [0.2, 0.25) is 5.91 Å². The van der Waals surface area contributed by atoms with E-state index >= 15 is 0 Å². The first kappa shape index (κ1) is 82.7. The second-order valence-electron chi connectivity index (χ2n) is 26.1. The number of hydrogen-bond donors (Lipinski definition) is 2. The van der Waals surface area contributed by atoms with Crippen LogP contribution in [0.25, 0.3) is 0 Å².